The van der Waals surface area contributed by atoms with Crippen LogP contribution in [-0.4, -0.2) is 30.9 Å². The number of sulfonamides is 1. The van der Waals surface area contributed by atoms with E-state index in [0.29, 0.717) is 18.0 Å². The molecule has 0 spiro atoms. The molecular weight excluding hydrogens is 394 g/mol. The van der Waals surface area contributed by atoms with Crippen LogP contribution in [0.15, 0.2) is 84.3 Å². The minimum atomic E-state index is -3.59. The predicted octanol–water partition coefficient (Wildman–Crippen LogP) is 4.73. The molecule has 3 rings (SSSR count). The number of hydrogen-bond acceptors (Lipinski definition) is 3. The van der Waals surface area contributed by atoms with E-state index in [1.165, 1.54) is 0 Å². The van der Waals surface area contributed by atoms with Gasteiger partial charge in [-0.25, -0.2) is 8.42 Å². The molecule has 0 radical (unpaired) electrons. The fraction of sp³-hybridized carbons (Fsp3) is 0.360. The summed E-state index contributed by atoms with van der Waals surface area (Å²) in [6.45, 7) is 8.73. The molecule has 1 aliphatic rings. The number of aryl methyl sites for hydroxylation is 1. The minimum Gasteiger partial charge on any atom is -0.388 e. The first kappa shape index (κ1) is 22.5. The highest BCUT2D eigenvalue weighted by Crippen LogP contribution is 2.40. The van der Waals surface area contributed by atoms with Crippen molar-refractivity contribution in [3.63, 3.8) is 0 Å². The van der Waals surface area contributed by atoms with Crippen molar-refractivity contribution in [2.45, 2.75) is 31.3 Å². The number of benzene rings is 2. The van der Waals surface area contributed by atoms with Gasteiger partial charge in [-0.2, -0.15) is 4.31 Å². The molecule has 0 saturated carbocycles. The molecule has 0 bridgehead atoms. The second kappa shape index (κ2) is 9.73. The molecule has 1 fully saturated rings. The van der Waals surface area contributed by atoms with E-state index in [2.05, 4.69) is 25.7 Å². The Morgan fingerprint density at radius 2 is 1.80 bits per heavy atom. The molecule has 30 heavy (non-hydrogen) atoms. The standard InChI is InChI=1S/C25H31NO3S/c1-4-6-10-21-17-26(30(28,29)22-15-13-19(3)14-16-22)18-24(21)23(5-2)25(27)20-11-8-7-9-12-20/h5-16,21,23-25,27H,2,4,17-18H2,1,3H3/b10-6+/t21-,23-,24-,25?/m1/s1. The van der Waals surface area contributed by atoms with Crippen LogP contribution in [0.3, 0.4) is 0 Å². The Bertz CT molecular complexity index is 967. The van der Waals surface area contributed by atoms with Gasteiger partial charge < -0.3 is 5.11 Å². The van der Waals surface area contributed by atoms with Gasteiger partial charge in [-0.15, -0.1) is 6.58 Å². The lowest BCUT2D eigenvalue weighted by Gasteiger charge is -2.28. The van der Waals surface area contributed by atoms with Crippen molar-refractivity contribution in [2.75, 3.05) is 13.1 Å². The van der Waals surface area contributed by atoms with Gasteiger partial charge in [0.25, 0.3) is 0 Å². The Balaban J connectivity index is 1.91. The van der Waals surface area contributed by atoms with Gasteiger partial charge in [-0.05, 0) is 42.9 Å². The average Bonchev–Trinajstić information content (AvgIpc) is 3.18. The SMILES string of the molecule is C=C[C@@H](C(O)c1ccccc1)[C@@H]1CN(S(=O)(=O)c2ccc(C)cc2)C[C@H]1/C=C/CC. The molecule has 1 N–H and O–H groups in total. The van der Waals surface area contributed by atoms with Crippen LogP contribution >= 0.6 is 0 Å². The summed E-state index contributed by atoms with van der Waals surface area (Å²) in [7, 11) is -3.59. The molecule has 2 aromatic carbocycles. The number of aliphatic hydroxyl groups excluding tert-OH is 1. The zero-order valence-corrected chi connectivity index (χ0v) is 18.5. The van der Waals surface area contributed by atoms with Crippen LogP contribution in [-0.2, 0) is 10.0 Å². The van der Waals surface area contributed by atoms with Crippen molar-refractivity contribution >= 4 is 10.0 Å². The van der Waals surface area contributed by atoms with Gasteiger partial charge in [0.05, 0.1) is 11.0 Å². The Kier molecular flexibility index (Phi) is 7.29. The van der Waals surface area contributed by atoms with Gasteiger partial charge in [0, 0.05) is 19.0 Å². The molecular formula is C25H31NO3S. The summed E-state index contributed by atoms with van der Waals surface area (Å²) in [4.78, 5) is 0.311. The predicted molar refractivity (Wildman–Crippen MR) is 121 cm³/mol. The van der Waals surface area contributed by atoms with Crippen molar-refractivity contribution < 1.29 is 13.5 Å². The van der Waals surface area contributed by atoms with Gasteiger partial charge in [-0.1, -0.05) is 73.2 Å². The summed E-state index contributed by atoms with van der Waals surface area (Å²) < 4.78 is 28.1. The van der Waals surface area contributed by atoms with Crippen molar-refractivity contribution in [1.29, 1.82) is 0 Å². The number of rotatable bonds is 8. The molecule has 1 unspecified atom stereocenters. The van der Waals surface area contributed by atoms with Crippen LogP contribution in [0.25, 0.3) is 0 Å². The van der Waals surface area contributed by atoms with Gasteiger partial charge >= 0.3 is 0 Å². The molecule has 0 aliphatic carbocycles. The zero-order chi connectivity index (χ0) is 21.7. The third-order valence-corrected chi connectivity index (χ3v) is 7.77. The van der Waals surface area contributed by atoms with E-state index in [9.17, 15) is 13.5 Å². The number of aliphatic hydroxyl groups is 1. The van der Waals surface area contributed by atoms with E-state index in [4.69, 9.17) is 0 Å². The first-order chi connectivity index (χ1) is 14.4. The third-order valence-electron chi connectivity index (χ3n) is 5.93. The lowest BCUT2D eigenvalue weighted by Crippen LogP contribution is -2.30. The topological polar surface area (TPSA) is 57.6 Å². The van der Waals surface area contributed by atoms with E-state index in [1.807, 2.05) is 49.4 Å². The van der Waals surface area contributed by atoms with Gasteiger partial charge in [0.2, 0.25) is 10.0 Å². The Morgan fingerprint density at radius 3 is 2.40 bits per heavy atom. The van der Waals surface area contributed by atoms with Crippen LogP contribution < -0.4 is 0 Å². The van der Waals surface area contributed by atoms with Gasteiger partial charge in [-0.3, -0.25) is 0 Å². The van der Waals surface area contributed by atoms with Gasteiger partial charge in [0.1, 0.15) is 0 Å². The fourth-order valence-corrected chi connectivity index (χ4v) is 5.72. The number of hydrogen-bond donors (Lipinski definition) is 1. The molecule has 1 aliphatic heterocycles. The van der Waals surface area contributed by atoms with Gasteiger partial charge in [0.15, 0.2) is 0 Å². The largest absolute Gasteiger partial charge is 0.388 e. The maximum Gasteiger partial charge on any atom is 0.243 e. The lowest BCUT2D eigenvalue weighted by atomic mass is 9.78. The lowest BCUT2D eigenvalue weighted by molar-refractivity contribution is 0.0950. The van der Waals surface area contributed by atoms with E-state index in [1.54, 1.807) is 22.5 Å². The molecule has 1 heterocycles. The van der Waals surface area contributed by atoms with E-state index in [0.717, 1.165) is 17.5 Å². The average molecular weight is 426 g/mol. The second-order valence-corrected chi connectivity index (χ2v) is 9.91. The molecule has 2 aromatic rings. The summed E-state index contributed by atoms with van der Waals surface area (Å²) >= 11 is 0. The Hall–Kier alpha value is -2.21. The van der Waals surface area contributed by atoms with E-state index < -0.39 is 16.1 Å². The highest BCUT2D eigenvalue weighted by atomic mass is 32.2. The number of allylic oxidation sites excluding steroid dienone is 1. The highest BCUT2D eigenvalue weighted by Gasteiger charge is 2.43. The monoisotopic (exact) mass is 425 g/mol. The van der Waals surface area contributed by atoms with Crippen molar-refractivity contribution in [3.05, 3.63) is 90.5 Å². The Labute approximate surface area is 180 Å². The van der Waals surface area contributed by atoms with Crippen LogP contribution in [0.5, 0.6) is 0 Å². The maximum absolute atomic E-state index is 13.3. The zero-order valence-electron chi connectivity index (χ0n) is 17.7. The quantitative estimate of drug-likeness (QED) is 0.622. The second-order valence-electron chi connectivity index (χ2n) is 7.97. The molecule has 0 amide bonds. The van der Waals surface area contributed by atoms with E-state index >= 15 is 0 Å². The summed E-state index contributed by atoms with van der Waals surface area (Å²) in [5.41, 5.74) is 1.84. The Morgan fingerprint density at radius 1 is 1.13 bits per heavy atom. The van der Waals surface area contributed by atoms with Crippen molar-refractivity contribution in [3.8, 4) is 0 Å². The maximum atomic E-state index is 13.3. The molecule has 5 heteroatoms. The number of nitrogens with zero attached hydrogens (tertiary/aromatic N) is 1. The molecule has 160 valence electrons. The van der Waals surface area contributed by atoms with Crippen LogP contribution in [0, 0.1) is 24.7 Å². The highest BCUT2D eigenvalue weighted by molar-refractivity contribution is 7.89. The van der Waals surface area contributed by atoms with Crippen LogP contribution in [0.1, 0.15) is 30.6 Å². The smallest absolute Gasteiger partial charge is 0.243 e. The third kappa shape index (κ3) is 4.75. The first-order valence-corrected chi connectivity index (χ1v) is 11.9. The molecule has 4 atom stereocenters. The molecule has 1 saturated heterocycles. The molecule has 4 nitrogen and oxygen atoms in total. The summed E-state index contributed by atoms with van der Waals surface area (Å²) in [5, 5.41) is 11.1. The summed E-state index contributed by atoms with van der Waals surface area (Å²) in [6, 6.07) is 16.5. The summed E-state index contributed by atoms with van der Waals surface area (Å²) in [6.07, 6.45) is 6.11. The first-order valence-electron chi connectivity index (χ1n) is 10.5. The van der Waals surface area contributed by atoms with Crippen molar-refractivity contribution in [1.82, 2.24) is 4.31 Å². The van der Waals surface area contributed by atoms with Crippen LogP contribution in [0.2, 0.25) is 0 Å². The minimum absolute atomic E-state index is 0.0199. The normalized spacial score (nSPS) is 22.2. The van der Waals surface area contributed by atoms with E-state index in [-0.39, 0.29) is 17.8 Å². The van der Waals surface area contributed by atoms with Crippen LogP contribution in [0.4, 0.5) is 0 Å². The van der Waals surface area contributed by atoms with Crippen molar-refractivity contribution in [2.24, 2.45) is 17.8 Å². The summed E-state index contributed by atoms with van der Waals surface area (Å²) in [5.74, 6) is -0.288. The fourth-order valence-electron chi connectivity index (χ4n) is 4.20. The molecule has 0 aromatic heterocycles.